The number of hydrogen-bond donors (Lipinski definition) is 1. The van der Waals surface area contributed by atoms with Crippen molar-refractivity contribution in [2.45, 2.75) is 19.1 Å². The maximum Gasteiger partial charge on any atom is 0.0995 e. The van der Waals surface area contributed by atoms with E-state index in [0.717, 1.165) is 37.2 Å². The Balaban J connectivity index is 2.08. The van der Waals surface area contributed by atoms with Gasteiger partial charge in [0.05, 0.1) is 17.7 Å². The van der Waals surface area contributed by atoms with Crippen LogP contribution < -0.4 is 0 Å². The minimum atomic E-state index is -0.195. The van der Waals surface area contributed by atoms with Crippen LogP contribution in [0.25, 0.3) is 0 Å². The third-order valence-electron chi connectivity index (χ3n) is 2.78. The summed E-state index contributed by atoms with van der Waals surface area (Å²) in [5.41, 5.74) is 1.79. The van der Waals surface area contributed by atoms with Gasteiger partial charge in [0.1, 0.15) is 0 Å². The van der Waals surface area contributed by atoms with Crippen molar-refractivity contribution in [2.75, 3.05) is 13.1 Å². The summed E-state index contributed by atoms with van der Waals surface area (Å²) in [5, 5.41) is 18.3. The Bertz CT molecular complexity index is 383. The largest absolute Gasteiger partial charge is 0.392 e. The first kappa shape index (κ1) is 10.2. The Morgan fingerprint density at radius 2 is 2.27 bits per heavy atom. The summed E-state index contributed by atoms with van der Waals surface area (Å²) in [6.45, 7) is 2.40. The summed E-state index contributed by atoms with van der Waals surface area (Å²) in [5.74, 6) is 0. The number of aliphatic hydroxyl groups is 1. The van der Waals surface area contributed by atoms with E-state index in [9.17, 15) is 5.11 Å². The third kappa shape index (κ3) is 2.35. The van der Waals surface area contributed by atoms with E-state index in [2.05, 4.69) is 11.0 Å². The van der Waals surface area contributed by atoms with Gasteiger partial charge in [0, 0.05) is 19.6 Å². The van der Waals surface area contributed by atoms with Crippen molar-refractivity contribution in [3.8, 4) is 6.07 Å². The number of β-amino-alcohol motifs (C(OH)–C–C–N with tert-alkyl or cyclic N) is 1. The second-order valence-corrected chi connectivity index (χ2v) is 3.95. The molecule has 0 bridgehead atoms. The molecule has 1 aliphatic rings. The second kappa shape index (κ2) is 4.43. The lowest BCUT2D eigenvalue weighted by molar-refractivity contribution is 0.175. The summed E-state index contributed by atoms with van der Waals surface area (Å²) in [4.78, 5) is 2.18. The summed E-state index contributed by atoms with van der Waals surface area (Å²) >= 11 is 0. The van der Waals surface area contributed by atoms with Gasteiger partial charge < -0.3 is 5.11 Å². The Hall–Kier alpha value is -1.37. The molecule has 1 aromatic carbocycles. The third-order valence-corrected chi connectivity index (χ3v) is 2.78. The standard InChI is InChI=1S/C12H14N2O/c13-7-10-3-1-2-4-11(10)8-14-6-5-12(15)9-14/h1-4,12,15H,5-6,8-9H2/t12-/m1/s1. The minimum Gasteiger partial charge on any atom is -0.392 e. The van der Waals surface area contributed by atoms with Crippen molar-refractivity contribution in [3.05, 3.63) is 35.4 Å². The van der Waals surface area contributed by atoms with Crippen LogP contribution in [0.5, 0.6) is 0 Å². The van der Waals surface area contributed by atoms with E-state index in [1.807, 2.05) is 24.3 Å². The van der Waals surface area contributed by atoms with E-state index in [1.54, 1.807) is 0 Å². The Kier molecular flexibility index (Phi) is 3.00. The fourth-order valence-electron chi connectivity index (χ4n) is 1.96. The second-order valence-electron chi connectivity index (χ2n) is 3.95. The minimum absolute atomic E-state index is 0.195. The fourth-order valence-corrected chi connectivity index (χ4v) is 1.96. The Morgan fingerprint density at radius 3 is 2.93 bits per heavy atom. The molecule has 0 amide bonds. The maximum atomic E-state index is 9.40. The number of benzene rings is 1. The lowest BCUT2D eigenvalue weighted by Crippen LogP contribution is -2.21. The molecule has 78 valence electrons. The first-order valence-corrected chi connectivity index (χ1v) is 5.18. The zero-order valence-corrected chi connectivity index (χ0v) is 8.56. The molecule has 1 N–H and O–H groups in total. The molecular formula is C12H14N2O. The zero-order chi connectivity index (χ0) is 10.7. The molecule has 0 spiro atoms. The summed E-state index contributed by atoms with van der Waals surface area (Å²) < 4.78 is 0. The zero-order valence-electron chi connectivity index (χ0n) is 8.56. The normalized spacial score (nSPS) is 21.5. The molecule has 0 aromatic heterocycles. The molecule has 1 atom stereocenters. The van der Waals surface area contributed by atoms with Crippen LogP contribution in [-0.2, 0) is 6.54 Å². The quantitative estimate of drug-likeness (QED) is 0.782. The van der Waals surface area contributed by atoms with Crippen LogP contribution in [0.1, 0.15) is 17.5 Å². The fraction of sp³-hybridized carbons (Fsp3) is 0.417. The summed E-state index contributed by atoms with van der Waals surface area (Å²) in [7, 11) is 0. The van der Waals surface area contributed by atoms with Gasteiger partial charge in [0.25, 0.3) is 0 Å². The lowest BCUT2D eigenvalue weighted by Gasteiger charge is -2.15. The van der Waals surface area contributed by atoms with Crippen LogP contribution in [0.2, 0.25) is 0 Å². The summed E-state index contributed by atoms with van der Waals surface area (Å²) in [6, 6.07) is 9.83. The van der Waals surface area contributed by atoms with Crippen molar-refractivity contribution in [1.82, 2.24) is 4.90 Å². The van der Waals surface area contributed by atoms with Gasteiger partial charge in [-0.15, -0.1) is 0 Å². The van der Waals surface area contributed by atoms with Gasteiger partial charge in [-0.2, -0.15) is 5.26 Å². The highest BCUT2D eigenvalue weighted by Gasteiger charge is 2.20. The average molecular weight is 202 g/mol. The highest BCUT2D eigenvalue weighted by atomic mass is 16.3. The van der Waals surface area contributed by atoms with E-state index in [1.165, 1.54) is 0 Å². The van der Waals surface area contributed by atoms with E-state index in [-0.39, 0.29) is 6.10 Å². The molecule has 1 aliphatic heterocycles. The number of rotatable bonds is 2. The van der Waals surface area contributed by atoms with Gasteiger partial charge in [0.2, 0.25) is 0 Å². The average Bonchev–Trinajstić information content (AvgIpc) is 2.65. The SMILES string of the molecule is N#Cc1ccccc1CN1CC[C@@H](O)C1. The highest BCUT2D eigenvalue weighted by molar-refractivity contribution is 5.37. The molecule has 0 aliphatic carbocycles. The van der Waals surface area contributed by atoms with Crippen LogP contribution in [0, 0.1) is 11.3 Å². The number of aliphatic hydroxyl groups excluding tert-OH is 1. The molecule has 1 aromatic rings. The molecule has 2 rings (SSSR count). The van der Waals surface area contributed by atoms with Crippen molar-refractivity contribution >= 4 is 0 Å². The van der Waals surface area contributed by atoms with E-state index < -0.39 is 0 Å². The van der Waals surface area contributed by atoms with Gasteiger partial charge in [-0.1, -0.05) is 18.2 Å². The number of nitrogens with zero attached hydrogens (tertiary/aromatic N) is 2. The van der Waals surface area contributed by atoms with Crippen LogP contribution in [0.3, 0.4) is 0 Å². The highest BCUT2D eigenvalue weighted by Crippen LogP contribution is 2.15. The molecular weight excluding hydrogens is 188 g/mol. The van der Waals surface area contributed by atoms with Crippen molar-refractivity contribution in [3.63, 3.8) is 0 Å². The van der Waals surface area contributed by atoms with Gasteiger partial charge in [-0.3, -0.25) is 4.90 Å². The van der Waals surface area contributed by atoms with Crippen LogP contribution >= 0.6 is 0 Å². The van der Waals surface area contributed by atoms with Gasteiger partial charge in [-0.25, -0.2) is 0 Å². The molecule has 15 heavy (non-hydrogen) atoms. The molecule has 0 unspecified atom stereocenters. The molecule has 1 fully saturated rings. The monoisotopic (exact) mass is 202 g/mol. The first-order valence-electron chi connectivity index (χ1n) is 5.18. The number of nitriles is 1. The van der Waals surface area contributed by atoms with Crippen LogP contribution in [0.15, 0.2) is 24.3 Å². The Labute approximate surface area is 89.6 Å². The van der Waals surface area contributed by atoms with Crippen LogP contribution in [0.4, 0.5) is 0 Å². The molecule has 0 saturated carbocycles. The number of likely N-dealkylation sites (tertiary alicyclic amines) is 1. The van der Waals surface area contributed by atoms with Gasteiger partial charge >= 0.3 is 0 Å². The van der Waals surface area contributed by atoms with E-state index in [0.29, 0.717) is 0 Å². The van der Waals surface area contributed by atoms with Gasteiger partial charge in [-0.05, 0) is 18.1 Å². The van der Waals surface area contributed by atoms with E-state index >= 15 is 0 Å². The first-order chi connectivity index (χ1) is 7.29. The maximum absolute atomic E-state index is 9.40. The molecule has 1 heterocycles. The number of hydrogen-bond acceptors (Lipinski definition) is 3. The predicted octanol–water partition coefficient (Wildman–Crippen LogP) is 1.12. The summed E-state index contributed by atoms with van der Waals surface area (Å²) in [6.07, 6.45) is 0.647. The predicted molar refractivity (Wildman–Crippen MR) is 57.1 cm³/mol. The topological polar surface area (TPSA) is 47.3 Å². The molecule has 3 heteroatoms. The molecule has 3 nitrogen and oxygen atoms in total. The van der Waals surface area contributed by atoms with Crippen molar-refractivity contribution < 1.29 is 5.11 Å². The lowest BCUT2D eigenvalue weighted by atomic mass is 10.1. The molecule has 0 radical (unpaired) electrons. The van der Waals surface area contributed by atoms with E-state index in [4.69, 9.17) is 5.26 Å². The molecule has 1 saturated heterocycles. The van der Waals surface area contributed by atoms with Gasteiger partial charge in [0.15, 0.2) is 0 Å². The van der Waals surface area contributed by atoms with Crippen LogP contribution in [-0.4, -0.2) is 29.2 Å². The van der Waals surface area contributed by atoms with Crippen molar-refractivity contribution in [1.29, 1.82) is 5.26 Å². The smallest absolute Gasteiger partial charge is 0.0995 e. The van der Waals surface area contributed by atoms with Crippen molar-refractivity contribution in [2.24, 2.45) is 0 Å². The Morgan fingerprint density at radius 1 is 1.47 bits per heavy atom.